The van der Waals surface area contributed by atoms with Gasteiger partial charge in [0.15, 0.2) is 0 Å². The molecule has 1 amide bonds. The number of nitrogens with one attached hydrogen (secondary N) is 3. The predicted octanol–water partition coefficient (Wildman–Crippen LogP) is 4.92. The standard InChI is InChI=1S/C21H26ClN5O2/c1-20(2,3)29-19(28)27-11-21(12-27)6-14(7-21)16-5-18(13(8-23)4-17(16)22)26-15-9-24-25-10-15/h4-5,8-10,14,23,26H,6-7,11-12H2,1-3H3,(H,24,25). The maximum Gasteiger partial charge on any atom is 0.410 e. The second-order valence-corrected chi connectivity index (χ2v) is 9.57. The van der Waals surface area contributed by atoms with Crippen molar-refractivity contribution < 1.29 is 9.53 Å². The lowest BCUT2D eigenvalue weighted by molar-refractivity contribution is -0.0785. The first-order valence-corrected chi connectivity index (χ1v) is 10.1. The van der Waals surface area contributed by atoms with Crippen molar-refractivity contribution in [2.24, 2.45) is 5.41 Å². The van der Waals surface area contributed by atoms with Crippen LogP contribution in [0, 0.1) is 10.8 Å². The third-order valence-electron chi connectivity index (χ3n) is 5.60. The molecule has 0 atom stereocenters. The number of halogens is 1. The van der Waals surface area contributed by atoms with Gasteiger partial charge in [-0.15, -0.1) is 0 Å². The third-order valence-corrected chi connectivity index (χ3v) is 5.93. The fraction of sp³-hybridized carbons (Fsp3) is 0.476. The Morgan fingerprint density at radius 3 is 2.72 bits per heavy atom. The Balaban J connectivity index is 1.42. The number of hydrogen-bond acceptors (Lipinski definition) is 5. The molecule has 4 rings (SSSR count). The molecule has 0 unspecified atom stereocenters. The van der Waals surface area contributed by atoms with E-state index in [1.54, 1.807) is 17.3 Å². The van der Waals surface area contributed by atoms with Crippen LogP contribution in [0.25, 0.3) is 0 Å². The van der Waals surface area contributed by atoms with Crippen LogP contribution < -0.4 is 5.32 Å². The molecule has 1 saturated heterocycles. The Hall–Kier alpha value is -2.54. The van der Waals surface area contributed by atoms with Gasteiger partial charge < -0.3 is 20.4 Å². The lowest BCUT2D eigenvalue weighted by Crippen LogP contribution is -2.63. The third kappa shape index (κ3) is 3.96. The van der Waals surface area contributed by atoms with Crippen LogP contribution in [-0.2, 0) is 4.74 Å². The smallest absolute Gasteiger partial charge is 0.410 e. The summed E-state index contributed by atoms with van der Waals surface area (Å²) in [6.45, 7) is 7.14. The lowest BCUT2D eigenvalue weighted by atomic mass is 9.56. The van der Waals surface area contributed by atoms with E-state index in [0.29, 0.717) is 10.9 Å². The molecular weight excluding hydrogens is 390 g/mol. The molecule has 2 heterocycles. The minimum Gasteiger partial charge on any atom is -0.444 e. The predicted molar refractivity (Wildman–Crippen MR) is 113 cm³/mol. The number of carbonyl (C=O) groups excluding carboxylic acids is 1. The number of carbonyl (C=O) groups is 1. The summed E-state index contributed by atoms with van der Waals surface area (Å²) >= 11 is 6.54. The first kappa shape index (κ1) is 19.8. The van der Waals surface area contributed by atoms with Gasteiger partial charge >= 0.3 is 6.09 Å². The first-order chi connectivity index (χ1) is 13.7. The molecule has 2 aliphatic rings. The van der Waals surface area contributed by atoms with E-state index >= 15 is 0 Å². The summed E-state index contributed by atoms with van der Waals surface area (Å²) in [4.78, 5) is 14.0. The topological polar surface area (TPSA) is 94.1 Å². The fourth-order valence-corrected chi connectivity index (χ4v) is 4.63. The molecule has 29 heavy (non-hydrogen) atoms. The van der Waals surface area contributed by atoms with Gasteiger partial charge in [-0.1, -0.05) is 11.6 Å². The SMILES string of the molecule is CC(C)(C)OC(=O)N1CC2(CC(c3cc(Nc4cn[nH]c4)c(C=N)cc3Cl)C2)C1. The van der Waals surface area contributed by atoms with E-state index in [1.165, 1.54) is 6.21 Å². The molecular formula is C21H26ClN5O2. The molecule has 1 aliphatic carbocycles. The van der Waals surface area contributed by atoms with Crippen molar-refractivity contribution in [3.8, 4) is 0 Å². The van der Waals surface area contributed by atoms with Gasteiger partial charge in [0.05, 0.1) is 11.9 Å². The molecule has 8 heteroatoms. The van der Waals surface area contributed by atoms with E-state index in [9.17, 15) is 4.79 Å². The van der Waals surface area contributed by atoms with Crippen LogP contribution in [0.1, 0.15) is 50.7 Å². The Bertz CT molecular complexity index is 921. The number of amides is 1. The van der Waals surface area contributed by atoms with Gasteiger partial charge in [0.1, 0.15) is 5.60 Å². The Kier molecular flexibility index (Phi) is 4.81. The van der Waals surface area contributed by atoms with Gasteiger partial charge in [-0.25, -0.2) is 4.79 Å². The molecule has 154 valence electrons. The number of rotatable bonds is 4. The number of hydrogen-bond donors (Lipinski definition) is 3. The number of H-pyrrole nitrogens is 1. The van der Waals surface area contributed by atoms with E-state index in [0.717, 1.165) is 48.4 Å². The first-order valence-electron chi connectivity index (χ1n) is 9.76. The van der Waals surface area contributed by atoms with Crippen molar-refractivity contribution in [3.05, 3.63) is 40.7 Å². The van der Waals surface area contributed by atoms with E-state index in [-0.39, 0.29) is 11.5 Å². The molecule has 2 aromatic rings. The Labute approximate surface area is 175 Å². The summed E-state index contributed by atoms with van der Waals surface area (Å²) in [6.07, 6.45) is 6.53. The Morgan fingerprint density at radius 1 is 1.41 bits per heavy atom. The number of aromatic nitrogens is 2. The molecule has 1 aliphatic heterocycles. The minimum atomic E-state index is -0.468. The van der Waals surface area contributed by atoms with E-state index < -0.39 is 5.60 Å². The van der Waals surface area contributed by atoms with Gasteiger partial charge in [0.25, 0.3) is 0 Å². The zero-order valence-electron chi connectivity index (χ0n) is 16.9. The van der Waals surface area contributed by atoms with Crippen molar-refractivity contribution in [1.82, 2.24) is 15.1 Å². The van der Waals surface area contributed by atoms with Gasteiger partial charge in [-0.2, -0.15) is 5.10 Å². The molecule has 1 aromatic heterocycles. The van der Waals surface area contributed by atoms with Crippen LogP contribution in [0.2, 0.25) is 5.02 Å². The summed E-state index contributed by atoms with van der Waals surface area (Å²) in [5, 5.41) is 18.4. The summed E-state index contributed by atoms with van der Waals surface area (Å²) < 4.78 is 5.45. The second-order valence-electron chi connectivity index (χ2n) is 9.16. The van der Waals surface area contributed by atoms with Gasteiger partial charge in [0.2, 0.25) is 0 Å². The van der Waals surface area contributed by atoms with E-state index in [1.807, 2.05) is 32.9 Å². The van der Waals surface area contributed by atoms with Gasteiger partial charge in [0, 0.05) is 47.2 Å². The number of aromatic amines is 1. The normalized spacial score (nSPS) is 18.1. The molecule has 3 N–H and O–H groups in total. The van der Waals surface area contributed by atoms with Crippen molar-refractivity contribution >= 4 is 35.3 Å². The highest BCUT2D eigenvalue weighted by atomic mass is 35.5. The summed E-state index contributed by atoms with van der Waals surface area (Å²) in [5.74, 6) is 0.355. The van der Waals surface area contributed by atoms with Gasteiger partial charge in [-0.05, 0) is 57.2 Å². The van der Waals surface area contributed by atoms with Gasteiger partial charge in [-0.3, -0.25) is 5.10 Å². The molecule has 1 spiro atoms. The number of likely N-dealkylation sites (tertiary alicyclic amines) is 1. The average molecular weight is 416 g/mol. The Morgan fingerprint density at radius 2 is 2.14 bits per heavy atom. The monoisotopic (exact) mass is 415 g/mol. The number of anilines is 2. The number of ether oxygens (including phenoxy) is 1. The average Bonchev–Trinajstić information content (AvgIpc) is 3.05. The lowest BCUT2D eigenvalue weighted by Gasteiger charge is -2.59. The second kappa shape index (κ2) is 7.06. The highest BCUT2D eigenvalue weighted by Crippen LogP contribution is 2.57. The van der Waals surface area contributed by atoms with E-state index in [2.05, 4.69) is 15.5 Å². The zero-order valence-corrected chi connectivity index (χ0v) is 17.6. The van der Waals surface area contributed by atoms with Crippen molar-refractivity contribution in [2.45, 2.75) is 45.1 Å². The minimum absolute atomic E-state index is 0.184. The fourth-order valence-electron chi connectivity index (χ4n) is 4.30. The largest absolute Gasteiger partial charge is 0.444 e. The quantitative estimate of drug-likeness (QED) is 0.618. The van der Waals surface area contributed by atoms with Crippen molar-refractivity contribution in [1.29, 1.82) is 5.41 Å². The zero-order chi connectivity index (χ0) is 20.8. The molecule has 1 aromatic carbocycles. The highest BCUT2D eigenvalue weighted by molar-refractivity contribution is 6.32. The van der Waals surface area contributed by atoms with Crippen molar-refractivity contribution in [2.75, 3.05) is 18.4 Å². The molecule has 2 fully saturated rings. The summed E-state index contributed by atoms with van der Waals surface area (Å²) in [6, 6.07) is 3.88. The van der Waals surface area contributed by atoms with Crippen LogP contribution in [0.3, 0.4) is 0 Å². The van der Waals surface area contributed by atoms with Crippen LogP contribution in [0.15, 0.2) is 24.5 Å². The van der Waals surface area contributed by atoms with E-state index in [4.69, 9.17) is 21.7 Å². The molecule has 1 saturated carbocycles. The molecule has 7 nitrogen and oxygen atoms in total. The molecule has 0 radical (unpaired) electrons. The highest BCUT2D eigenvalue weighted by Gasteiger charge is 2.54. The van der Waals surface area contributed by atoms with Crippen LogP contribution >= 0.6 is 11.6 Å². The maximum absolute atomic E-state index is 12.2. The van der Waals surface area contributed by atoms with Crippen LogP contribution in [0.5, 0.6) is 0 Å². The summed E-state index contributed by atoms with van der Waals surface area (Å²) in [7, 11) is 0. The maximum atomic E-state index is 12.2. The van der Waals surface area contributed by atoms with Crippen LogP contribution in [0.4, 0.5) is 16.2 Å². The number of benzene rings is 1. The number of nitrogens with zero attached hydrogens (tertiary/aromatic N) is 2. The van der Waals surface area contributed by atoms with Crippen molar-refractivity contribution in [3.63, 3.8) is 0 Å². The van der Waals surface area contributed by atoms with Crippen LogP contribution in [-0.4, -0.2) is 46.1 Å². The molecule has 0 bridgehead atoms. The summed E-state index contributed by atoms with van der Waals surface area (Å²) in [5.41, 5.74) is 3.20.